The highest BCUT2D eigenvalue weighted by Crippen LogP contribution is 2.23. The zero-order valence-electron chi connectivity index (χ0n) is 7.77. The molecule has 72 valence electrons. The number of hydrogen-bond donors (Lipinski definition) is 0. The van der Waals surface area contributed by atoms with Crippen molar-refractivity contribution >= 4 is 22.8 Å². The van der Waals surface area contributed by atoms with Crippen LogP contribution < -0.4 is 0 Å². The summed E-state index contributed by atoms with van der Waals surface area (Å²) in [6.45, 7) is 0. The molecule has 0 atom stereocenters. The third kappa shape index (κ3) is 2.07. The van der Waals surface area contributed by atoms with Gasteiger partial charge in [0.05, 0.1) is 19.2 Å². The molecular weight excluding hydrogens is 196 g/mol. The van der Waals surface area contributed by atoms with E-state index in [-0.39, 0.29) is 0 Å². The van der Waals surface area contributed by atoms with E-state index in [1.165, 1.54) is 29.9 Å². The predicted octanol–water partition coefficient (Wildman–Crippen LogP) is 3.42. The third-order valence-corrected chi connectivity index (χ3v) is 2.57. The van der Waals surface area contributed by atoms with Crippen molar-refractivity contribution < 1.29 is 9.22 Å². The molecule has 2 rings (SSSR count). The van der Waals surface area contributed by atoms with E-state index in [0.29, 0.717) is 0 Å². The van der Waals surface area contributed by atoms with Gasteiger partial charge in [0, 0.05) is 4.90 Å². The monoisotopic (exact) mass is 206 g/mol. The standard InChI is InChI=1S/C11H10O2S/c1-12-13-14-11-7-6-9-4-2-3-5-10(9)8-11/h2-8H,1H3. The lowest BCUT2D eigenvalue weighted by Gasteiger charge is -2.01. The first kappa shape index (κ1) is 9.52. The van der Waals surface area contributed by atoms with Gasteiger partial charge in [0.2, 0.25) is 0 Å². The zero-order chi connectivity index (χ0) is 9.80. The largest absolute Gasteiger partial charge is 0.227 e. The lowest BCUT2D eigenvalue weighted by Crippen LogP contribution is -1.78. The SMILES string of the molecule is COOSc1ccc2ccccc2c1. The van der Waals surface area contributed by atoms with Crippen LogP contribution in [0.5, 0.6) is 0 Å². The molecule has 0 aliphatic carbocycles. The fourth-order valence-electron chi connectivity index (χ4n) is 1.29. The van der Waals surface area contributed by atoms with Gasteiger partial charge in [0.1, 0.15) is 0 Å². The molecule has 2 nitrogen and oxygen atoms in total. The van der Waals surface area contributed by atoms with Crippen LogP contribution in [0.3, 0.4) is 0 Å². The van der Waals surface area contributed by atoms with E-state index < -0.39 is 0 Å². The van der Waals surface area contributed by atoms with Crippen molar-refractivity contribution in [2.45, 2.75) is 4.90 Å². The maximum atomic E-state index is 4.79. The average Bonchev–Trinajstić information content (AvgIpc) is 2.26. The zero-order valence-corrected chi connectivity index (χ0v) is 8.58. The van der Waals surface area contributed by atoms with Crippen LogP contribution in [0.25, 0.3) is 10.8 Å². The summed E-state index contributed by atoms with van der Waals surface area (Å²) >= 11 is 1.21. The molecule has 3 heteroatoms. The molecular formula is C11H10O2S. The summed E-state index contributed by atoms with van der Waals surface area (Å²) in [6, 6.07) is 14.4. The maximum Gasteiger partial charge on any atom is 0.0725 e. The molecule has 0 aliphatic heterocycles. The first-order valence-corrected chi connectivity index (χ1v) is 5.00. The summed E-state index contributed by atoms with van der Waals surface area (Å²) < 4.78 is 4.79. The van der Waals surface area contributed by atoms with Crippen molar-refractivity contribution in [2.75, 3.05) is 7.11 Å². The minimum atomic E-state index is 1.03. The Morgan fingerprint density at radius 2 is 1.79 bits per heavy atom. The van der Waals surface area contributed by atoms with Crippen LogP contribution in [0.15, 0.2) is 47.4 Å². The van der Waals surface area contributed by atoms with Crippen LogP contribution in [0.2, 0.25) is 0 Å². The Morgan fingerprint density at radius 1 is 1.00 bits per heavy atom. The first-order chi connectivity index (χ1) is 6.90. The Balaban J connectivity index is 2.32. The van der Waals surface area contributed by atoms with E-state index in [1.807, 2.05) is 18.2 Å². The summed E-state index contributed by atoms with van der Waals surface area (Å²) in [5.41, 5.74) is 0. The second kappa shape index (κ2) is 4.46. The van der Waals surface area contributed by atoms with Crippen LogP contribution in [0.1, 0.15) is 0 Å². The molecule has 0 amide bonds. The lowest BCUT2D eigenvalue weighted by molar-refractivity contribution is -0.160. The topological polar surface area (TPSA) is 18.5 Å². The molecule has 0 heterocycles. The molecule has 2 aromatic carbocycles. The van der Waals surface area contributed by atoms with Gasteiger partial charge in [-0.1, -0.05) is 30.3 Å². The number of benzene rings is 2. The van der Waals surface area contributed by atoms with Gasteiger partial charge in [0.25, 0.3) is 0 Å². The summed E-state index contributed by atoms with van der Waals surface area (Å²) in [6.07, 6.45) is 0. The second-order valence-corrected chi connectivity index (χ2v) is 3.60. The van der Waals surface area contributed by atoms with Gasteiger partial charge in [-0.2, -0.15) is 4.33 Å². The van der Waals surface area contributed by atoms with E-state index in [2.05, 4.69) is 29.2 Å². The lowest BCUT2D eigenvalue weighted by atomic mass is 10.1. The molecule has 2 aromatic rings. The fraction of sp³-hybridized carbons (Fsp3) is 0.0909. The summed E-state index contributed by atoms with van der Waals surface area (Å²) in [5.74, 6) is 0. The van der Waals surface area contributed by atoms with Crippen molar-refractivity contribution in [3.05, 3.63) is 42.5 Å². The van der Waals surface area contributed by atoms with Crippen molar-refractivity contribution in [3.8, 4) is 0 Å². The molecule has 0 radical (unpaired) electrons. The van der Waals surface area contributed by atoms with Crippen molar-refractivity contribution in [1.82, 2.24) is 0 Å². The molecule has 0 aliphatic rings. The predicted molar refractivity (Wildman–Crippen MR) is 57.9 cm³/mol. The van der Waals surface area contributed by atoms with Crippen LogP contribution in [-0.2, 0) is 9.22 Å². The molecule has 0 N–H and O–H groups in total. The molecule has 0 fully saturated rings. The van der Waals surface area contributed by atoms with Gasteiger partial charge in [-0.25, -0.2) is 4.89 Å². The van der Waals surface area contributed by atoms with Gasteiger partial charge in [-0.15, -0.1) is 0 Å². The van der Waals surface area contributed by atoms with Gasteiger partial charge < -0.3 is 0 Å². The quantitative estimate of drug-likeness (QED) is 0.435. The summed E-state index contributed by atoms with van der Waals surface area (Å²) in [5, 5.41) is 2.44. The molecule has 0 saturated heterocycles. The van der Waals surface area contributed by atoms with Crippen LogP contribution in [-0.4, -0.2) is 7.11 Å². The highest BCUT2D eigenvalue weighted by molar-refractivity contribution is 7.94. The first-order valence-electron chi connectivity index (χ1n) is 4.26. The van der Waals surface area contributed by atoms with Crippen LogP contribution in [0.4, 0.5) is 0 Å². The summed E-state index contributed by atoms with van der Waals surface area (Å²) in [4.78, 5) is 5.55. The van der Waals surface area contributed by atoms with Crippen molar-refractivity contribution in [3.63, 3.8) is 0 Å². The van der Waals surface area contributed by atoms with Gasteiger partial charge >= 0.3 is 0 Å². The summed E-state index contributed by atoms with van der Waals surface area (Å²) in [7, 11) is 1.49. The number of hydrogen-bond acceptors (Lipinski definition) is 3. The molecule has 0 spiro atoms. The average molecular weight is 206 g/mol. The third-order valence-electron chi connectivity index (χ3n) is 1.92. The molecule has 0 aromatic heterocycles. The van der Waals surface area contributed by atoms with Crippen molar-refractivity contribution in [1.29, 1.82) is 0 Å². The normalized spacial score (nSPS) is 10.6. The maximum absolute atomic E-state index is 4.79. The van der Waals surface area contributed by atoms with Gasteiger partial charge in [-0.3, -0.25) is 0 Å². The highest BCUT2D eigenvalue weighted by atomic mass is 32.2. The smallest absolute Gasteiger partial charge is 0.0725 e. The minimum absolute atomic E-state index is 1.03. The minimum Gasteiger partial charge on any atom is -0.227 e. The van der Waals surface area contributed by atoms with Crippen LogP contribution >= 0.6 is 12.0 Å². The Morgan fingerprint density at radius 3 is 2.57 bits per heavy atom. The fourth-order valence-corrected chi connectivity index (χ4v) is 1.74. The van der Waals surface area contributed by atoms with E-state index in [1.54, 1.807) is 0 Å². The number of fused-ring (bicyclic) bond motifs is 1. The highest BCUT2D eigenvalue weighted by Gasteiger charge is 1.97. The Kier molecular flexibility index (Phi) is 3.03. The molecule has 14 heavy (non-hydrogen) atoms. The molecule has 0 bridgehead atoms. The van der Waals surface area contributed by atoms with Gasteiger partial charge in [-0.05, 0) is 22.9 Å². The van der Waals surface area contributed by atoms with E-state index in [4.69, 9.17) is 4.33 Å². The van der Waals surface area contributed by atoms with E-state index in [0.717, 1.165) is 4.90 Å². The number of rotatable bonds is 3. The van der Waals surface area contributed by atoms with E-state index >= 15 is 0 Å². The Bertz CT molecular complexity index is 428. The Hall–Kier alpha value is -1.03. The Labute approximate surface area is 87.0 Å². The second-order valence-electron chi connectivity index (χ2n) is 2.83. The van der Waals surface area contributed by atoms with Gasteiger partial charge in [0.15, 0.2) is 0 Å². The van der Waals surface area contributed by atoms with Crippen molar-refractivity contribution in [2.24, 2.45) is 0 Å². The van der Waals surface area contributed by atoms with Crippen LogP contribution in [0, 0.1) is 0 Å². The molecule has 0 unspecified atom stereocenters. The molecule has 0 saturated carbocycles. The van der Waals surface area contributed by atoms with E-state index in [9.17, 15) is 0 Å².